The van der Waals surface area contributed by atoms with Crippen molar-refractivity contribution in [3.8, 4) is 0 Å². The third kappa shape index (κ3) is 3.48. The lowest BCUT2D eigenvalue weighted by atomic mass is 10.2. The number of rotatable bonds is 2. The summed E-state index contributed by atoms with van der Waals surface area (Å²) in [5.74, 6) is 0. The van der Waals surface area contributed by atoms with Crippen LogP contribution in [-0.4, -0.2) is 5.17 Å². The van der Waals surface area contributed by atoms with Crippen molar-refractivity contribution >= 4 is 61.6 Å². The van der Waals surface area contributed by atoms with Crippen LogP contribution < -0.4 is 0 Å². The minimum absolute atomic E-state index is 0.332. The average molecular weight is 363 g/mol. The monoisotopic (exact) mass is 361 g/mol. The molecule has 0 atom stereocenters. The van der Waals surface area contributed by atoms with Crippen LogP contribution in [0.1, 0.15) is 5.56 Å². The Labute approximate surface area is 129 Å². The van der Waals surface area contributed by atoms with Gasteiger partial charge < -0.3 is 0 Å². The van der Waals surface area contributed by atoms with E-state index in [1.54, 1.807) is 18.2 Å². The van der Waals surface area contributed by atoms with Crippen LogP contribution in [0.15, 0.2) is 51.9 Å². The van der Waals surface area contributed by atoms with Crippen LogP contribution in [0.25, 0.3) is 0 Å². The molecule has 0 heterocycles. The van der Waals surface area contributed by atoms with E-state index in [1.807, 2.05) is 24.3 Å². The fourth-order valence-electron chi connectivity index (χ4n) is 1.35. The summed E-state index contributed by atoms with van der Waals surface area (Å²) in [7, 11) is 0. The molecule has 0 N–H and O–H groups in total. The molecule has 0 aromatic heterocycles. The van der Waals surface area contributed by atoms with Gasteiger partial charge in [0, 0.05) is 15.1 Å². The highest BCUT2D eigenvalue weighted by Gasteiger charge is 2.06. The number of aliphatic imine (C=N–C) groups is 1. The molecule has 0 fully saturated rings. The molecule has 0 unspecified atom stereocenters. The average Bonchev–Trinajstić information content (AvgIpc) is 2.32. The van der Waals surface area contributed by atoms with Crippen molar-refractivity contribution in [2.45, 2.75) is 0 Å². The molecule has 5 heteroatoms. The van der Waals surface area contributed by atoms with Gasteiger partial charge in [0.15, 0.2) is 0 Å². The molecule has 0 aliphatic carbocycles. The molecule has 2 rings (SSSR count). The Morgan fingerprint density at radius 3 is 2.28 bits per heavy atom. The number of hydrogen-bond acceptors (Lipinski definition) is 1. The summed E-state index contributed by atoms with van der Waals surface area (Å²) in [5.41, 5.74) is 1.42. The molecule has 2 aromatic carbocycles. The van der Waals surface area contributed by atoms with Crippen LogP contribution in [-0.2, 0) is 0 Å². The van der Waals surface area contributed by atoms with E-state index < -0.39 is 0 Å². The summed E-state index contributed by atoms with van der Waals surface area (Å²) in [6.07, 6.45) is 0. The predicted octanol–water partition coefficient (Wildman–Crippen LogP) is 6.07. The third-order valence-corrected chi connectivity index (χ3v) is 3.57. The van der Waals surface area contributed by atoms with Crippen molar-refractivity contribution < 1.29 is 0 Å². The molecule has 0 amide bonds. The molecular formula is C13H7BrCl3N. The van der Waals surface area contributed by atoms with Gasteiger partial charge in [-0.3, -0.25) is 0 Å². The van der Waals surface area contributed by atoms with E-state index in [9.17, 15) is 0 Å². The molecule has 0 aliphatic heterocycles. The van der Waals surface area contributed by atoms with Gasteiger partial charge in [-0.25, -0.2) is 4.99 Å². The Bertz CT molecular complexity index is 594. The van der Waals surface area contributed by atoms with E-state index in [0.717, 1.165) is 10.2 Å². The Kier molecular flexibility index (Phi) is 4.68. The summed E-state index contributed by atoms with van der Waals surface area (Å²) >= 11 is 21.4. The Morgan fingerprint density at radius 2 is 1.67 bits per heavy atom. The maximum atomic E-state index is 6.15. The maximum Gasteiger partial charge on any atom is 0.138 e. The van der Waals surface area contributed by atoms with E-state index >= 15 is 0 Å². The minimum Gasteiger partial charge on any atom is -0.236 e. The summed E-state index contributed by atoms with van der Waals surface area (Å²) in [5, 5.41) is 1.38. The van der Waals surface area contributed by atoms with Crippen molar-refractivity contribution in [3.63, 3.8) is 0 Å². The van der Waals surface area contributed by atoms with Crippen LogP contribution in [0.4, 0.5) is 5.69 Å². The van der Waals surface area contributed by atoms with Gasteiger partial charge in [0.05, 0.1) is 10.7 Å². The van der Waals surface area contributed by atoms with Crippen molar-refractivity contribution in [2.24, 2.45) is 4.99 Å². The van der Waals surface area contributed by atoms with E-state index in [-0.39, 0.29) is 0 Å². The first-order chi connectivity index (χ1) is 8.56. The van der Waals surface area contributed by atoms with Gasteiger partial charge in [-0.15, -0.1) is 0 Å². The van der Waals surface area contributed by atoms with E-state index in [2.05, 4.69) is 20.9 Å². The van der Waals surface area contributed by atoms with Crippen molar-refractivity contribution in [1.29, 1.82) is 0 Å². The van der Waals surface area contributed by atoms with Crippen molar-refractivity contribution in [1.82, 2.24) is 0 Å². The highest BCUT2D eigenvalue weighted by molar-refractivity contribution is 9.10. The van der Waals surface area contributed by atoms with E-state index in [0.29, 0.717) is 20.8 Å². The summed E-state index contributed by atoms with van der Waals surface area (Å²) in [4.78, 5) is 4.29. The molecule has 0 bridgehead atoms. The van der Waals surface area contributed by atoms with E-state index in [1.165, 1.54) is 0 Å². The lowest BCUT2D eigenvalue weighted by Gasteiger charge is -2.03. The van der Waals surface area contributed by atoms with Crippen LogP contribution in [0.2, 0.25) is 10.0 Å². The highest BCUT2D eigenvalue weighted by Crippen LogP contribution is 2.25. The summed E-state index contributed by atoms with van der Waals surface area (Å²) < 4.78 is 0.988. The Balaban J connectivity index is 2.35. The summed E-state index contributed by atoms with van der Waals surface area (Å²) in [6, 6.07) is 12.6. The first-order valence-electron chi connectivity index (χ1n) is 5.01. The molecule has 0 saturated heterocycles. The van der Waals surface area contributed by atoms with Gasteiger partial charge in [0.2, 0.25) is 0 Å². The van der Waals surface area contributed by atoms with Crippen molar-refractivity contribution in [3.05, 3.63) is 62.5 Å². The maximum absolute atomic E-state index is 6.15. The summed E-state index contributed by atoms with van der Waals surface area (Å²) in [6.45, 7) is 0. The van der Waals surface area contributed by atoms with Crippen LogP contribution in [0, 0.1) is 0 Å². The van der Waals surface area contributed by atoms with Crippen molar-refractivity contribution in [2.75, 3.05) is 0 Å². The lowest BCUT2D eigenvalue weighted by molar-refractivity contribution is 1.50. The first kappa shape index (κ1) is 13.9. The third-order valence-electron chi connectivity index (χ3n) is 2.21. The fourth-order valence-corrected chi connectivity index (χ4v) is 2.42. The number of nitrogens with zero attached hydrogens (tertiary/aromatic N) is 1. The van der Waals surface area contributed by atoms with Gasteiger partial charge in [-0.1, -0.05) is 50.7 Å². The molecule has 92 valence electrons. The molecule has 1 nitrogen and oxygen atoms in total. The smallest absolute Gasteiger partial charge is 0.138 e. The largest absolute Gasteiger partial charge is 0.236 e. The van der Waals surface area contributed by atoms with Crippen LogP contribution in [0.5, 0.6) is 0 Å². The lowest BCUT2D eigenvalue weighted by Crippen LogP contribution is -1.91. The fraction of sp³-hybridized carbons (Fsp3) is 0. The minimum atomic E-state index is 0.332. The van der Waals surface area contributed by atoms with E-state index in [4.69, 9.17) is 34.8 Å². The standard InChI is InChI=1S/C13H7BrCl3N/c14-8-1-4-10(5-2-8)18-13(17)11-6-3-9(15)7-12(11)16/h1-7H/b18-13-. The van der Waals surface area contributed by atoms with Gasteiger partial charge >= 0.3 is 0 Å². The van der Waals surface area contributed by atoms with Crippen LogP contribution in [0.3, 0.4) is 0 Å². The topological polar surface area (TPSA) is 12.4 Å². The zero-order chi connectivity index (χ0) is 13.1. The molecular weight excluding hydrogens is 356 g/mol. The molecule has 2 aromatic rings. The van der Waals surface area contributed by atoms with Crippen LogP contribution >= 0.6 is 50.7 Å². The second-order valence-corrected chi connectivity index (χ2v) is 5.62. The molecule has 0 radical (unpaired) electrons. The van der Waals surface area contributed by atoms with Gasteiger partial charge in [0.1, 0.15) is 5.17 Å². The molecule has 18 heavy (non-hydrogen) atoms. The number of hydrogen-bond donors (Lipinski definition) is 0. The zero-order valence-electron chi connectivity index (χ0n) is 9.00. The normalized spacial score (nSPS) is 11.7. The Hall–Kier alpha value is -0.540. The second-order valence-electron chi connectivity index (χ2n) is 3.50. The molecule has 0 aliphatic rings. The zero-order valence-corrected chi connectivity index (χ0v) is 12.9. The van der Waals surface area contributed by atoms with Gasteiger partial charge in [-0.05, 0) is 42.5 Å². The predicted molar refractivity (Wildman–Crippen MR) is 82.7 cm³/mol. The number of benzene rings is 2. The first-order valence-corrected chi connectivity index (χ1v) is 6.94. The molecule has 0 saturated carbocycles. The number of halogens is 4. The van der Waals surface area contributed by atoms with Gasteiger partial charge in [-0.2, -0.15) is 0 Å². The van der Waals surface area contributed by atoms with Gasteiger partial charge in [0.25, 0.3) is 0 Å². The quantitative estimate of drug-likeness (QED) is 0.574. The SMILES string of the molecule is Cl/C(=N\c1ccc(Br)cc1)c1ccc(Cl)cc1Cl. The highest BCUT2D eigenvalue weighted by atomic mass is 79.9. The second kappa shape index (κ2) is 6.07. The Morgan fingerprint density at radius 1 is 1.00 bits per heavy atom. The molecule has 0 spiro atoms.